The molecule has 0 fully saturated rings. The molecule has 1 aromatic rings. The van der Waals surface area contributed by atoms with E-state index in [4.69, 9.17) is 8.85 Å². The maximum absolute atomic E-state index is 5.61. The third kappa shape index (κ3) is 2.64. The molecule has 4 heteroatoms. The van der Waals surface area contributed by atoms with Crippen LogP contribution in [0.2, 0.25) is 6.55 Å². The number of nitrogens with zero attached hydrogens (tertiary/aromatic N) is 1. The average molecular weight is 239 g/mol. The molecule has 90 valence electrons. The molecule has 0 spiro atoms. The highest BCUT2D eigenvalue weighted by molar-refractivity contribution is 6.70. The van der Waals surface area contributed by atoms with Crippen LogP contribution in [-0.4, -0.2) is 29.0 Å². The van der Waals surface area contributed by atoms with Gasteiger partial charge in [0.15, 0.2) is 0 Å². The summed E-state index contributed by atoms with van der Waals surface area (Å²) < 4.78 is 13.5. The Morgan fingerprint density at radius 1 is 1.06 bits per heavy atom. The molecule has 0 unspecified atom stereocenters. The van der Waals surface area contributed by atoms with Gasteiger partial charge in [-0.25, -0.2) is 0 Å². The molecule has 0 radical (unpaired) electrons. The highest BCUT2D eigenvalue weighted by Crippen LogP contribution is 2.24. The lowest BCUT2D eigenvalue weighted by molar-refractivity contribution is 0.243. The summed E-state index contributed by atoms with van der Waals surface area (Å²) in [6.07, 6.45) is 0. The normalized spacial score (nSPS) is 11.9. The van der Waals surface area contributed by atoms with Crippen molar-refractivity contribution in [1.29, 1.82) is 0 Å². The van der Waals surface area contributed by atoms with Crippen LogP contribution in [0.3, 0.4) is 0 Å². The van der Waals surface area contributed by atoms with Crippen molar-refractivity contribution in [3.05, 3.63) is 30.3 Å². The minimum atomic E-state index is -2.30. The van der Waals surface area contributed by atoms with Crippen molar-refractivity contribution < 1.29 is 8.85 Å². The lowest BCUT2D eigenvalue weighted by Crippen LogP contribution is -2.58. The summed E-state index contributed by atoms with van der Waals surface area (Å²) >= 11 is 0. The predicted molar refractivity (Wildman–Crippen MR) is 69.7 cm³/mol. The van der Waals surface area contributed by atoms with E-state index >= 15 is 0 Å². The van der Waals surface area contributed by atoms with Crippen molar-refractivity contribution in [3.8, 4) is 0 Å². The Hall–Kier alpha value is -0.843. The molecule has 0 N–H and O–H groups in total. The smallest absolute Gasteiger partial charge is 0.382 e. The summed E-state index contributed by atoms with van der Waals surface area (Å²) in [6.45, 7) is 6.35. The molecule has 16 heavy (non-hydrogen) atoms. The monoisotopic (exact) mass is 239 g/mol. The first kappa shape index (κ1) is 13.2. The largest absolute Gasteiger partial charge is 0.455 e. The van der Waals surface area contributed by atoms with Gasteiger partial charge < -0.3 is 13.4 Å². The quantitative estimate of drug-likeness (QED) is 0.738. The highest BCUT2D eigenvalue weighted by Gasteiger charge is 2.39. The van der Waals surface area contributed by atoms with Gasteiger partial charge in [0.05, 0.1) is 0 Å². The van der Waals surface area contributed by atoms with Crippen molar-refractivity contribution >= 4 is 14.4 Å². The second-order valence-electron chi connectivity index (χ2n) is 4.11. The number of rotatable bonds is 5. The molecule has 0 amide bonds. The Kier molecular flexibility index (Phi) is 4.52. The fourth-order valence-electron chi connectivity index (χ4n) is 1.87. The van der Waals surface area contributed by atoms with Crippen LogP contribution in [0.25, 0.3) is 0 Å². The summed E-state index contributed by atoms with van der Waals surface area (Å²) in [6, 6.07) is 10.6. The second-order valence-corrected chi connectivity index (χ2v) is 7.20. The van der Waals surface area contributed by atoms with Crippen molar-refractivity contribution in [3.63, 3.8) is 0 Å². The molecule has 0 bridgehead atoms. The van der Waals surface area contributed by atoms with E-state index in [2.05, 4.69) is 37.1 Å². The molecular formula is C12H21NO2Si. The first-order chi connectivity index (χ1) is 7.55. The minimum absolute atomic E-state index is 0.346. The summed E-state index contributed by atoms with van der Waals surface area (Å²) in [5, 5.41) is 0. The number of hydrogen-bond acceptors (Lipinski definition) is 3. The van der Waals surface area contributed by atoms with E-state index in [1.165, 1.54) is 0 Å². The zero-order valence-electron chi connectivity index (χ0n) is 10.7. The fraction of sp³-hybridized carbons (Fsp3) is 0.500. The van der Waals surface area contributed by atoms with Crippen LogP contribution >= 0.6 is 0 Å². The Labute approximate surface area is 99.3 Å². The zero-order chi connectivity index (χ0) is 12.2. The van der Waals surface area contributed by atoms with Gasteiger partial charge in [-0.3, -0.25) is 0 Å². The molecular weight excluding hydrogens is 218 g/mol. The summed E-state index contributed by atoms with van der Waals surface area (Å²) in [5.74, 6) is 0. The molecule has 0 heterocycles. The average Bonchev–Trinajstić information content (AvgIpc) is 2.30. The fourth-order valence-corrected chi connectivity index (χ4v) is 3.99. The molecule has 1 aromatic carbocycles. The van der Waals surface area contributed by atoms with Crippen LogP contribution in [0, 0.1) is 0 Å². The van der Waals surface area contributed by atoms with Crippen molar-refractivity contribution in [1.82, 2.24) is 0 Å². The van der Waals surface area contributed by atoms with Gasteiger partial charge in [0.2, 0.25) is 0 Å². The van der Waals surface area contributed by atoms with Gasteiger partial charge in [-0.05, 0) is 32.5 Å². The number of anilines is 1. The van der Waals surface area contributed by atoms with E-state index < -0.39 is 8.72 Å². The van der Waals surface area contributed by atoms with E-state index in [9.17, 15) is 0 Å². The molecule has 3 nitrogen and oxygen atoms in total. The summed E-state index contributed by atoms with van der Waals surface area (Å²) in [7, 11) is 1.14. The minimum Gasteiger partial charge on any atom is -0.382 e. The summed E-state index contributed by atoms with van der Waals surface area (Å²) in [5.41, 5.74) is 1.15. The third-order valence-corrected chi connectivity index (χ3v) is 5.91. The third-order valence-electron chi connectivity index (χ3n) is 2.75. The Morgan fingerprint density at radius 2 is 1.56 bits per heavy atom. The first-order valence-corrected chi connectivity index (χ1v) is 7.76. The number of benzene rings is 1. The lowest BCUT2D eigenvalue weighted by atomic mass is 10.3. The van der Waals surface area contributed by atoms with E-state index in [0.717, 1.165) is 5.69 Å². The van der Waals surface area contributed by atoms with Gasteiger partial charge in [-0.15, -0.1) is 0 Å². The zero-order valence-corrected chi connectivity index (χ0v) is 11.7. The van der Waals surface area contributed by atoms with Crippen LogP contribution < -0.4 is 4.57 Å². The van der Waals surface area contributed by atoms with E-state index in [1.807, 2.05) is 18.2 Å². The maximum Gasteiger partial charge on any atom is 0.455 e. The van der Waals surface area contributed by atoms with Crippen molar-refractivity contribution in [2.75, 3.05) is 18.8 Å². The Balaban J connectivity index is 3.09. The van der Waals surface area contributed by atoms with Gasteiger partial charge in [0.25, 0.3) is 0 Å². The lowest BCUT2D eigenvalue weighted by Gasteiger charge is -2.40. The van der Waals surface area contributed by atoms with Gasteiger partial charge in [0, 0.05) is 25.9 Å². The van der Waals surface area contributed by atoms with Crippen LogP contribution in [-0.2, 0) is 8.85 Å². The standard InChI is InChI=1S/C12H21NO2Si/c1-11(2)13(16(5,14-3)15-4)12-9-7-6-8-10-12/h6-11H,1-5H3. The topological polar surface area (TPSA) is 21.7 Å². The summed E-state index contributed by atoms with van der Waals surface area (Å²) in [4.78, 5) is 0. The molecule has 0 saturated carbocycles. The molecule has 0 atom stereocenters. The van der Waals surface area contributed by atoms with Gasteiger partial charge in [-0.2, -0.15) is 0 Å². The van der Waals surface area contributed by atoms with Gasteiger partial charge in [0.1, 0.15) is 0 Å². The van der Waals surface area contributed by atoms with Gasteiger partial charge >= 0.3 is 8.72 Å². The molecule has 0 aromatic heterocycles. The maximum atomic E-state index is 5.61. The highest BCUT2D eigenvalue weighted by atomic mass is 28.4. The van der Waals surface area contributed by atoms with Crippen LogP contribution in [0.1, 0.15) is 13.8 Å². The first-order valence-electron chi connectivity index (χ1n) is 5.50. The predicted octanol–water partition coefficient (Wildman–Crippen LogP) is 2.76. The molecule has 0 saturated heterocycles. The van der Waals surface area contributed by atoms with E-state index in [1.54, 1.807) is 14.2 Å². The van der Waals surface area contributed by atoms with Crippen LogP contribution in [0.4, 0.5) is 5.69 Å². The van der Waals surface area contributed by atoms with Gasteiger partial charge in [-0.1, -0.05) is 18.2 Å². The molecule has 0 aliphatic rings. The van der Waals surface area contributed by atoms with Crippen LogP contribution in [0.15, 0.2) is 30.3 Å². The number of para-hydroxylation sites is 1. The molecule has 0 aliphatic carbocycles. The van der Waals surface area contributed by atoms with Crippen molar-refractivity contribution in [2.45, 2.75) is 26.4 Å². The second kappa shape index (κ2) is 5.47. The molecule has 1 rings (SSSR count). The SMILES string of the molecule is CO[Si](C)(OC)N(c1ccccc1)C(C)C. The molecule has 0 aliphatic heterocycles. The Bertz CT molecular complexity index is 312. The Morgan fingerprint density at radius 3 is 1.94 bits per heavy atom. The van der Waals surface area contributed by atoms with Crippen molar-refractivity contribution in [2.24, 2.45) is 0 Å². The van der Waals surface area contributed by atoms with E-state index in [0.29, 0.717) is 6.04 Å². The van der Waals surface area contributed by atoms with E-state index in [-0.39, 0.29) is 0 Å². The number of hydrogen-bond donors (Lipinski definition) is 0. The van der Waals surface area contributed by atoms with Crippen LogP contribution in [0.5, 0.6) is 0 Å².